The van der Waals surface area contributed by atoms with Crippen LogP contribution < -0.4 is 0 Å². The first-order valence-electron chi connectivity index (χ1n) is 3.80. The molecular weight excluding hydrogens is 207 g/mol. The molecule has 2 aromatic heterocycles. The number of aromatic nitrogens is 2. The van der Waals surface area contributed by atoms with Crippen molar-refractivity contribution in [2.24, 2.45) is 0 Å². The number of pyridine rings is 1. The maximum atomic E-state index is 5.70. The lowest BCUT2D eigenvalue weighted by atomic mass is 10.3. The minimum Gasteiger partial charge on any atom is -0.307 e. The van der Waals surface area contributed by atoms with E-state index in [1.807, 2.05) is 35.9 Å². The molecule has 2 nitrogen and oxygen atoms in total. The number of hydrogen-bond acceptors (Lipinski definition) is 1. The lowest BCUT2D eigenvalue weighted by Crippen LogP contribution is -1.84. The summed E-state index contributed by atoms with van der Waals surface area (Å²) < 4.78 is 1.99. The van der Waals surface area contributed by atoms with Gasteiger partial charge >= 0.3 is 0 Å². The first kappa shape index (κ1) is 10.4. The molecule has 0 unspecified atom stereocenters. The SMILES string of the molecule is Cc1cn2ccc(CCl)cc2n1.Cl. The van der Waals surface area contributed by atoms with Gasteiger partial charge in [0.1, 0.15) is 5.65 Å². The number of alkyl halides is 1. The summed E-state index contributed by atoms with van der Waals surface area (Å²) in [6.45, 7) is 1.98. The predicted octanol–water partition coefficient (Wildman–Crippen LogP) is 2.80. The summed E-state index contributed by atoms with van der Waals surface area (Å²) in [5.41, 5.74) is 3.10. The van der Waals surface area contributed by atoms with Crippen LogP contribution in [0.15, 0.2) is 24.5 Å². The number of rotatable bonds is 1. The summed E-state index contributed by atoms with van der Waals surface area (Å²) in [5.74, 6) is 0.544. The summed E-state index contributed by atoms with van der Waals surface area (Å²) in [6.07, 6.45) is 3.97. The highest BCUT2D eigenvalue weighted by molar-refractivity contribution is 6.17. The van der Waals surface area contributed by atoms with Crippen LogP contribution in [0.3, 0.4) is 0 Å². The van der Waals surface area contributed by atoms with Gasteiger partial charge in [-0.15, -0.1) is 24.0 Å². The van der Waals surface area contributed by atoms with Gasteiger partial charge in [-0.25, -0.2) is 4.98 Å². The maximum Gasteiger partial charge on any atom is 0.137 e. The van der Waals surface area contributed by atoms with E-state index in [-0.39, 0.29) is 12.4 Å². The Labute approximate surface area is 88.0 Å². The lowest BCUT2D eigenvalue weighted by Gasteiger charge is -1.95. The van der Waals surface area contributed by atoms with Crippen molar-refractivity contribution >= 4 is 29.7 Å². The number of nitrogens with zero attached hydrogens (tertiary/aromatic N) is 2. The minimum atomic E-state index is 0. The van der Waals surface area contributed by atoms with Crippen molar-refractivity contribution in [1.29, 1.82) is 0 Å². The molecule has 0 aromatic carbocycles. The van der Waals surface area contributed by atoms with Crippen LogP contribution in [0.2, 0.25) is 0 Å². The van der Waals surface area contributed by atoms with Crippen LogP contribution in [0, 0.1) is 6.92 Å². The predicted molar refractivity (Wildman–Crippen MR) is 56.7 cm³/mol. The van der Waals surface area contributed by atoms with Gasteiger partial charge in [0, 0.05) is 18.3 Å². The quantitative estimate of drug-likeness (QED) is 0.671. The fourth-order valence-corrected chi connectivity index (χ4v) is 1.40. The van der Waals surface area contributed by atoms with Gasteiger partial charge in [-0.1, -0.05) is 0 Å². The molecule has 0 aliphatic rings. The molecule has 0 N–H and O–H groups in total. The molecule has 70 valence electrons. The summed E-state index contributed by atoms with van der Waals surface area (Å²) in [5, 5.41) is 0. The Morgan fingerprint density at radius 1 is 1.54 bits per heavy atom. The molecule has 2 heterocycles. The van der Waals surface area contributed by atoms with Crippen molar-refractivity contribution in [3.8, 4) is 0 Å². The summed E-state index contributed by atoms with van der Waals surface area (Å²) in [6, 6.07) is 4.00. The van der Waals surface area contributed by atoms with Gasteiger partial charge in [0.05, 0.1) is 5.69 Å². The van der Waals surface area contributed by atoms with Crippen molar-refractivity contribution in [1.82, 2.24) is 9.38 Å². The molecule has 0 bridgehead atoms. The third-order valence-corrected chi connectivity index (χ3v) is 2.11. The number of aryl methyl sites for hydroxylation is 1. The smallest absolute Gasteiger partial charge is 0.137 e. The summed E-state index contributed by atoms with van der Waals surface area (Å²) in [7, 11) is 0. The molecule has 0 atom stereocenters. The first-order chi connectivity index (χ1) is 5.79. The second kappa shape index (κ2) is 3.99. The van der Waals surface area contributed by atoms with E-state index in [2.05, 4.69) is 4.98 Å². The Morgan fingerprint density at radius 3 is 3.00 bits per heavy atom. The number of hydrogen-bond donors (Lipinski definition) is 0. The second-order valence-corrected chi connectivity index (χ2v) is 3.08. The molecule has 0 amide bonds. The highest BCUT2D eigenvalue weighted by atomic mass is 35.5. The Bertz CT molecular complexity index is 409. The van der Waals surface area contributed by atoms with Crippen LogP contribution in [0.5, 0.6) is 0 Å². The molecule has 0 saturated heterocycles. The van der Waals surface area contributed by atoms with E-state index >= 15 is 0 Å². The van der Waals surface area contributed by atoms with E-state index in [4.69, 9.17) is 11.6 Å². The maximum absolute atomic E-state index is 5.70. The van der Waals surface area contributed by atoms with E-state index in [1.54, 1.807) is 0 Å². The molecule has 0 aliphatic heterocycles. The topological polar surface area (TPSA) is 17.3 Å². The molecule has 0 aliphatic carbocycles. The van der Waals surface area contributed by atoms with Gasteiger partial charge in [-0.2, -0.15) is 0 Å². The average molecular weight is 217 g/mol. The van der Waals surface area contributed by atoms with Gasteiger partial charge < -0.3 is 4.40 Å². The van der Waals surface area contributed by atoms with Crippen LogP contribution >= 0.6 is 24.0 Å². The van der Waals surface area contributed by atoms with Gasteiger partial charge in [0.25, 0.3) is 0 Å². The van der Waals surface area contributed by atoms with Gasteiger partial charge in [0.15, 0.2) is 0 Å². The molecule has 0 radical (unpaired) electrons. The zero-order chi connectivity index (χ0) is 8.55. The lowest BCUT2D eigenvalue weighted by molar-refractivity contribution is 1.16. The Kier molecular flexibility index (Phi) is 3.17. The third-order valence-electron chi connectivity index (χ3n) is 1.80. The van der Waals surface area contributed by atoms with E-state index in [0.29, 0.717) is 5.88 Å². The van der Waals surface area contributed by atoms with Gasteiger partial charge in [-0.05, 0) is 24.6 Å². The van der Waals surface area contributed by atoms with Crippen molar-refractivity contribution in [2.75, 3.05) is 0 Å². The van der Waals surface area contributed by atoms with Crippen molar-refractivity contribution in [3.05, 3.63) is 35.8 Å². The Balaban J connectivity index is 0.000000845. The number of imidazole rings is 1. The number of halogens is 2. The van der Waals surface area contributed by atoms with Crippen LogP contribution in [0.4, 0.5) is 0 Å². The number of fused-ring (bicyclic) bond motifs is 1. The Hall–Kier alpha value is -0.730. The third kappa shape index (κ3) is 1.95. The van der Waals surface area contributed by atoms with Gasteiger partial charge in [0.2, 0.25) is 0 Å². The average Bonchev–Trinajstić information content (AvgIpc) is 2.43. The summed E-state index contributed by atoms with van der Waals surface area (Å²) >= 11 is 5.70. The van der Waals surface area contributed by atoms with Crippen LogP contribution in [0.1, 0.15) is 11.3 Å². The monoisotopic (exact) mass is 216 g/mol. The Morgan fingerprint density at radius 2 is 2.31 bits per heavy atom. The van der Waals surface area contributed by atoms with E-state index in [9.17, 15) is 0 Å². The fourth-order valence-electron chi connectivity index (χ4n) is 1.23. The molecule has 2 rings (SSSR count). The molecule has 0 saturated carbocycles. The van der Waals surface area contributed by atoms with Gasteiger partial charge in [-0.3, -0.25) is 0 Å². The van der Waals surface area contributed by atoms with Crippen LogP contribution in [-0.4, -0.2) is 9.38 Å². The van der Waals surface area contributed by atoms with E-state index in [0.717, 1.165) is 16.9 Å². The standard InChI is InChI=1S/C9H9ClN2.ClH/c1-7-6-12-3-2-8(5-10)4-9(12)11-7;/h2-4,6H,5H2,1H3;1H. The minimum absolute atomic E-state index is 0. The van der Waals surface area contributed by atoms with Crippen LogP contribution in [0.25, 0.3) is 5.65 Å². The molecule has 4 heteroatoms. The van der Waals surface area contributed by atoms with Crippen LogP contribution in [-0.2, 0) is 5.88 Å². The van der Waals surface area contributed by atoms with Crippen molar-refractivity contribution < 1.29 is 0 Å². The first-order valence-corrected chi connectivity index (χ1v) is 4.33. The molecule has 2 aromatic rings. The van der Waals surface area contributed by atoms with Crippen molar-refractivity contribution in [2.45, 2.75) is 12.8 Å². The zero-order valence-electron chi connectivity index (χ0n) is 7.20. The molecule has 13 heavy (non-hydrogen) atoms. The zero-order valence-corrected chi connectivity index (χ0v) is 8.77. The fraction of sp³-hybridized carbons (Fsp3) is 0.222. The summed E-state index contributed by atoms with van der Waals surface area (Å²) in [4.78, 5) is 4.33. The normalized spacial score (nSPS) is 10.0. The van der Waals surface area contributed by atoms with E-state index in [1.165, 1.54) is 0 Å². The van der Waals surface area contributed by atoms with Crippen molar-refractivity contribution in [3.63, 3.8) is 0 Å². The molecular formula is C9H10Cl2N2. The highest BCUT2D eigenvalue weighted by Gasteiger charge is 1.97. The highest BCUT2D eigenvalue weighted by Crippen LogP contribution is 2.09. The molecule has 0 fully saturated rings. The van der Waals surface area contributed by atoms with E-state index < -0.39 is 0 Å². The second-order valence-electron chi connectivity index (χ2n) is 2.82. The largest absolute Gasteiger partial charge is 0.307 e. The molecule has 0 spiro atoms.